The molecular formula is C9H17ClO4. The number of halogens is 1. The highest BCUT2D eigenvalue weighted by atomic mass is 35.5. The first kappa shape index (κ1) is 13.7. The molecule has 0 saturated carbocycles. The van der Waals surface area contributed by atoms with Crippen molar-refractivity contribution in [1.29, 1.82) is 0 Å². The van der Waals surface area contributed by atoms with Crippen LogP contribution in [0.25, 0.3) is 0 Å². The van der Waals surface area contributed by atoms with Crippen molar-refractivity contribution in [2.24, 2.45) is 5.92 Å². The molecular weight excluding hydrogens is 208 g/mol. The summed E-state index contributed by atoms with van der Waals surface area (Å²) < 4.78 is 5.01. The highest BCUT2D eigenvalue weighted by Crippen LogP contribution is 2.28. The van der Waals surface area contributed by atoms with Gasteiger partial charge in [0.1, 0.15) is 0 Å². The molecule has 0 saturated heterocycles. The summed E-state index contributed by atoms with van der Waals surface area (Å²) in [4.78, 5) is 19.4. The number of hydrogen-bond donors (Lipinski definition) is 0. The summed E-state index contributed by atoms with van der Waals surface area (Å²) >= 11 is 6.07. The fraction of sp³-hybridized carbons (Fsp3) is 0.889. The van der Waals surface area contributed by atoms with Crippen LogP contribution in [0.5, 0.6) is 0 Å². The maximum absolute atomic E-state index is 11.3. The number of hydrogen-bond acceptors (Lipinski definition) is 4. The van der Waals surface area contributed by atoms with E-state index in [-0.39, 0.29) is 5.92 Å². The summed E-state index contributed by atoms with van der Waals surface area (Å²) in [5, 5.41) is 0. The van der Waals surface area contributed by atoms with Gasteiger partial charge in [0.2, 0.25) is 0 Å². The molecule has 0 bridgehead atoms. The first-order valence-electron chi connectivity index (χ1n) is 4.30. The van der Waals surface area contributed by atoms with Crippen molar-refractivity contribution >= 4 is 17.6 Å². The van der Waals surface area contributed by atoms with Crippen molar-refractivity contribution in [1.82, 2.24) is 0 Å². The second-order valence-corrected chi connectivity index (χ2v) is 4.55. The minimum atomic E-state index is -0.720. The number of carbonyl (C=O) groups is 1. The minimum Gasteiger partial charge on any atom is -0.369 e. The Morgan fingerprint density at radius 1 is 1.36 bits per heavy atom. The first-order chi connectivity index (χ1) is 6.34. The average Bonchev–Trinajstić information content (AvgIpc) is 2.04. The lowest BCUT2D eigenvalue weighted by molar-refractivity contribution is -0.265. The largest absolute Gasteiger partial charge is 0.371 e. The van der Waals surface area contributed by atoms with E-state index in [1.165, 1.54) is 14.2 Å². The zero-order valence-electron chi connectivity index (χ0n) is 9.17. The molecule has 0 aliphatic carbocycles. The Kier molecular flexibility index (Phi) is 5.41. The summed E-state index contributed by atoms with van der Waals surface area (Å²) in [6.45, 7) is 5.44. The minimum absolute atomic E-state index is 0.184. The summed E-state index contributed by atoms with van der Waals surface area (Å²) in [5.41, 5.74) is 0. The second kappa shape index (κ2) is 5.53. The quantitative estimate of drug-likeness (QED) is 0.406. The molecule has 0 fully saturated rings. The third-order valence-corrected chi connectivity index (χ3v) is 2.53. The van der Waals surface area contributed by atoms with Gasteiger partial charge in [-0.05, 0) is 13.8 Å². The molecule has 84 valence electrons. The van der Waals surface area contributed by atoms with Gasteiger partial charge in [-0.15, -0.1) is 11.6 Å². The maximum Gasteiger partial charge on any atom is 0.371 e. The van der Waals surface area contributed by atoms with E-state index in [4.69, 9.17) is 16.3 Å². The number of alkyl halides is 1. The molecule has 0 aliphatic rings. The van der Waals surface area contributed by atoms with Gasteiger partial charge in [-0.2, -0.15) is 4.89 Å². The van der Waals surface area contributed by atoms with Crippen LogP contribution in [0.2, 0.25) is 0 Å². The van der Waals surface area contributed by atoms with Crippen molar-refractivity contribution in [2.75, 3.05) is 14.2 Å². The normalized spacial score (nSPS) is 16.1. The maximum atomic E-state index is 11.3. The van der Waals surface area contributed by atoms with Crippen LogP contribution in [0.15, 0.2) is 0 Å². The van der Waals surface area contributed by atoms with E-state index in [1.807, 2.05) is 20.8 Å². The Hall–Kier alpha value is -0.320. The zero-order chi connectivity index (χ0) is 11.4. The molecule has 2 unspecified atom stereocenters. The average molecular weight is 225 g/mol. The number of methoxy groups -OCH3 is 1. The van der Waals surface area contributed by atoms with E-state index >= 15 is 0 Å². The van der Waals surface area contributed by atoms with Gasteiger partial charge in [-0.3, -0.25) is 4.89 Å². The molecule has 0 rings (SSSR count). The summed E-state index contributed by atoms with van der Waals surface area (Å²) in [6.07, 6.45) is -0.720. The molecule has 2 atom stereocenters. The van der Waals surface area contributed by atoms with Gasteiger partial charge in [0.05, 0.1) is 7.11 Å². The standard InChI is InChI=1S/C9H17ClO4/c1-6(9(2,3)10)7(12-4)8(11)14-13-5/h6-7H,1-5H3. The first-order valence-corrected chi connectivity index (χ1v) is 4.68. The molecule has 0 aromatic heterocycles. The van der Waals surface area contributed by atoms with E-state index in [2.05, 4.69) is 9.78 Å². The lowest BCUT2D eigenvalue weighted by Gasteiger charge is -2.29. The molecule has 0 aliphatic heterocycles. The van der Waals surface area contributed by atoms with Crippen LogP contribution in [0, 0.1) is 5.92 Å². The zero-order valence-corrected chi connectivity index (χ0v) is 9.92. The Balaban J connectivity index is 4.48. The van der Waals surface area contributed by atoms with Gasteiger partial charge in [-0.1, -0.05) is 6.92 Å². The molecule has 4 nitrogen and oxygen atoms in total. The van der Waals surface area contributed by atoms with Crippen molar-refractivity contribution < 1.29 is 19.3 Å². The Bertz CT molecular complexity index is 188. The molecule has 0 N–H and O–H groups in total. The molecule has 14 heavy (non-hydrogen) atoms. The van der Waals surface area contributed by atoms with Crippen LogP contribution in [0.4, 0.5) is 0 Å². The van der Waals surface area contributed by atoms with Gasteiger partial charge < -0.3 is 4.74 Å². The van der Waals surface area contributed by atoms with Crippen LogP contribution in [-0.4, -0.2) is 31.2 Å². The van der Waals surface area contributed by atoms with Gasteiger partial charge >= 0.3 is 5.97 Å². The third kappa shape index (κ3) is 3.82. The number of ether oxygens (including phenoxy) is 1. The van der Waals surface area contributed by atoms with Crippen LogP contribution in [0.1, 0.15) is 20.8 Å². The van der Waals surface area contributed by atoms with Crippen LogP contribution < -0.4 is 0 Å². The summed E-state index contributed by atoms with van der Waals surface area (Å²) in [7, 11) is 2.70. The van der Waals surface area contributed by atoms with E-state index < -0.39 is 16.9 Å². The van der Waals surface area contributed by atoms with Crippen LogP contribution >= 0.6 is 11.6 Å². The Morgan fingerprint density at radius 3 is 2.14 bits per heavy atom. The van der Waals surface area contributed by atoms with Crippen molar-refractivity contribution in [3.05, 3.63) is 0 Å². The second-order valence-electron chi connectivity index (χ2n) is 3.58. The smallest absolute Gasteiger partial charge is 0.369 e. The van der Waals surface area contributed by atoms with E-state index in [1.54, 1.807) is 0 Å². The number of rotatable bonds is 5. The SMILES string of the molecule is COOC(=O)C(OC)C(C)C(C)(C)Cl. The number of carbonyl (C=O) groups excluding carboxylic acids is 1. The predicted molar refractivity (Wildman–Crippen MR) is 53.0 cm³/mol. The van der Waals surface area contributed by atoms with Crippen molar-refractivity contribution in [3.8, 4) is 0 Å². The summed E-state index contributed by atoms with van der Waals surface area (Å²) in [6, 6.07) is 0. The van der Waals surface area contributed by atoms with Gasteiger partial charge in [0.25, 0.3) is 0 Å². The molecule has 0 aromatic carbocycles. The van der Waals surface area contributed by atoms with Gasteiger partial charge in [0, 0.05) is 17.9 Å². The predicted octanol–water partition coefficient (Wildman–Crippen LogP) is 1.76. The Morgan fingerprint density at radius 2 is 1.86 bits per heavy atom. The highest BCUT2D eigenvalue weighted by molar-refractivity contribution is 6.23. The van der Waals surface area contributed by atoms with E-state index in [0.717, 1.165) is 0 Å². The van der Waals surface area contributed by atoms with Gasteiger partial charge in [-0.25, -0.2) is 4.79 Å². The molecule has 0 aromatic rings. The third-order valence-electron chi connectivity index (χ3n) is 2.19. The molecule has 0 radical (unpaired) electrons. The topological polar surface area (TPSA) is 44.8 Å². The summed E-state index contributed by atoms with van der Waals surface area (Å²) in [5.74, 6) is -0.756. The molecule has 0 amide bonds. The molecule has 0 spiro atoms. The lowest BCUT2D eigenvalue weighted by Crippen LogP contribution is -2.40. The lowest BCUT2D eigenvalue weighted by atomic mass is 9.91. The highest BCUT2D eigenvalue weighted by Gasteiger charge is 2.36. The van der Waals surface area contributed by atoms with Crippen LogP contribution in [0.3, 0.4) is 0 Å². The van der Waals surface area contributed by atoms with Crippen LogP contribution in [-0.2, 0) is 19.3 Å². The monoisotopic (exact) mass is 224 g/mol. The van der Waals surface area contributed by atoms with E-state index in [9.17, 15) is 4.79 Å². The van der Waals surface area contributed by atoms with E-state index in [0.29, 0.717) is 0 Å². The fourth-order valence-electron chi connectivity index (χ4n) is 0.994. The Labute approximate surface area is 89.4 Å². The fourth-order valence-corrected chi connectivity index (χ4v) is 1.11. The van der Waals surface area contributed by atoms with Crippen molar-refractivity contribution in [3.63, 3.8) is 0 Å². The molecule has 0 heterocycles. The van der Waals surface area contributed by atoms with Crippen molar-refractivity contribution in [2.45, 2.75) is 31.7 Å². The molecule has 5 heteroatoms. The van der Waals surface area contributed by atoms with Gasteiger partial charge in [0.15, 0.2) is 6.10 Å².